The van der Waals surface area contributed by atoms with Crippen molar-refractivity contribution in [1.82, 2.24) is 0 Å². The molecule has 0 aliphatic heterocycles. The van der Waals surface area contributed by atoms with Crippen molar-refractivity contribution < 1.29 is 9.53 Å². The van der Waals surface area contributed by atoms with Gasteiger partial charge in [-0.3, -0.25) is 0 Å². The first-order valence-corrected chi connectivity index (χ1v) is 3.90. The molecule has 1 aromatic carbocycles. The lowest BCUT2D eigenvalue weighted by Gasteiger charge is -2.09. The summed E-state index contributed by atoms with van der Waals surface area (Å²) in [6.45, 7) is 4.01. The van der Waals surface area contributed by atoms with Gasteiger partial charge in [0.25, 0.3) is 0 Å². The van der Waals surface area contributed by atoms with E-state index in [1.807, 2.05) is 6.92 Å². The number of benzene rings is 1. The summed E-state index contributed by atoms with van der Waals surface area (Å²) in [6, 6.07) is 8.18. The minimum atomic E-state index is 0.0107. The molecule has 0 aromatic heterocycles. The van der Waals surface area contributed by atoms with E-state index in [1.165, 1.54) is 6.92 Å². The lowest BCUT2D eigenvalue weighted by Crippen LogP contribution is -1.95. The molecule has 0 amide bonds. The smallest absolute Gasteiger partial charge is 0.0829 e. The summed E-state index contributed by atoms with van der Waals surface area (Å²) in [4.78, 5) is 10.9. The zero-order valence-corrected chi connectivity index (χ0v) is 7.26. The first-order chi connectivity index (χ1) is 5.74. The Morgan fingerprint density at radius 1 is 1.58 bits per heavy atom. The van der Waals surface area contributed by atoms with Crippen molar-refractivity contribution in [2.75, 3.05) is 6.61 Å². The van der Waals surface area contributed by atoms with Crippen LogP contribution in [0.15, 0.2) is 18.2 Å². The van der Waals surface area contributed by atoms with Crippen molar-refractivity contribution in [1.29, 1.82) is 0 Å². The largest absolute Gasteiger partial charge is 0.513 e. The van der Waals surface area contributed by atoms with Gasteiger partial charge in [0, 0.05) is 5.75 Å². The number of rotatable bonds is 3. The predicted molar refractivity (Wildman–Crippen MR) is 46.5 cm³/mol. The number of carbonyl (C=O) groups excluding carboxylic acids is 1. The van der Waals surface area contributed by atoms with Crippen LogP contribution in [0.1, 0.15) is 24.2 Å². The normalized spacial score (nSPS) is 9.50. The summed E-state index contributed by atoms with van der Waals surface area (Å²) in [5.74, 6) is 0.641. The summed E-state index contributed by atoms with van der Waals surface area (Å²) in [6.07, 6.45) is 0. The number of Topliss-reactive ketones (excluding diaryl/α,β-unsaturated/α-hetero) is 1. The summed E-state index contributed by atoms with van der Waals surface area (Å²) in [7, 11) is 0. The fourth-order valence-electron chi connectivity index (χ4n) is 0.893. The van der Waals surface area contributed by atoms with E-state index in [0.29, 0.717) is 17.9 Å². The van der Waals surface area contributed by atoms with E-state index in [4.69, 9.17) is 4.74 Å². The van der Waals surface area contributed by atoms with E-state index in [0.717, 1.165) is 0 Å². The van der Waals surface area contributed by atoms with Crippen molar-refractivity contribution in [3.8, 4) is 5.75 Å². The molecule has 0 heterocycles. The van der Waals surface area contributed by atoms with Gasteiger partial charge >= 0.3 is 0 Å². The lowest BCUT2D eigenvalue weighted by atomic mass is 10.1. The maximum absolute atomic E-state index is 10.9. The average molecular weight is 163 g/mol. The molecule has 0 spiro atoms. The number of carbonyl (C=O) groups is 1. The first-order valence-electron chi connectivity index (χ1n) is 3.90. The Morgan fingerprint density at radius 3 is 2.92 bits per heavy atom. The van der Waals surface area contributed by atoms with Crippen LogP contribution in [0.5, 0.6) is 5.75 Å². The minimum Gasteiger partial charge on any atom is -0.513 e. The van der Waals surface area contributed by atoms with Gasteiger partial charge in [-0.05, 0) is 13.8 Å². The highest BCUT2D eigenvalue weighted by atomic mass is 16.5. The van der Waals surface area contributed by atoms with E-state index in [9.17, 15) is 4.79 Å². The highest BCUT2D eigenvalue weighted by molar-refractivity contribution is 5.94. The van der Waals surface area contributed by atoms with E-state index >= 15 is 0 Å². The molecule has 2 heteroatoms. The molecular formula is C10H11O2-. The Labute approximate surface area is 72.2 Å². The van der Waals surface area contributed by atoms with Crippen molar-refractivity contribution in [2.45, 2.75) is 13.8 Å². The predicted octanol–water partition coefficient (Wildman–Crippen LogP) is 2.09. The molecule has 2 nitrogen and oxygen atoms in total. The SMILES string of the molecule is CCOc1[c-]c(C(C)=O)ccc1. The third kappa shape index (κ3) is 2.09. The second-order valence-corrected chi connectivity index (χ2v) is 2.42. The van der Waals surface area contributed by atoms with Gasteiger partial charge in [0.2, 0.25) is 0 Å². The summed E-state index contributed by atoms with van der Waals surface area (Å²) in [5.41, 5.74) is 0.570. The fourth-order valence-corrected chi connectivity index (χ4v) is 0.893. The minimum absolute atomic E-state index is 0.0107. The highest BCUT2D eigenvalue weighted by Crippen LogP contribution is 2.12. The zero-order chi connectivity index (χ0) is 8.97. The Bertz CT molecular complexity index is 279. The summed E-state index contributed by atoms with van der Waals surface area (Å²) >= 11 is 0. The van der Waals surface area contributed by atoms with Crippen LogP contribution in [0, 0.1) is 6.07 Å². The van der Waals surface area contributed by atoms with Gasteiger partial charge in [-0.15, -0.1) is 23.8 Å². The summed E-state index contributed by atoms with van der Waals surface area (Å²) in [5, 5.41) is 0. The van der Waals surface area contributed by atoms with Gasteiger partial charge < -0.3 is 9.53 Å². The molecular weight excluding hydrogens is 152 g/mol. The fraction of sp³-hybridized carbons (Fsp3) is 0.300. The molecule has 0 saturated carbocycles. The van der Waals surface area contributed by atoms with Crippen molar-refractivity contribution in [3.63, 3.8) is 0 Å². The Hall–Kier alpha value is -1.31. The Kier molecular flexibility index (Phi) is 2.86. The molecule has 1 aromatic rings. The molecule has 12 heavy (non-hydrogen) atoms. The van der Waals surface area contributed by atoms with Crippen LogP contribution < -0.4 is 4.74 Å². The summed E-state index contributed by atoms with van der Waals surface area (Å²) < 4.78 is 5.19. The molecule has 0 saturated heterocycles. The first kappa shape index (κ1) is 8.78. The van der Waals surface area contributed by atoms with Crippen molar-refractivity contribution >= 4 is 5.78 Å². The van der Waals surface area contributed by atoms with Crippen LogP contribution in [-0.4, -0.2) is 12.4 Å². The van der Waals surface area contributed by atoms with E-state index in [-0.39, 0.29) is 5.78 Å². The van der Waals surface area contributed by atoms with Crippen molar-refractivity contribution in [3.05, 3.63) is 29.8 Å². The number of hydrogen-bond donors (Lipinski definition) is 0. The molecule has 0 bridgehead atoms. The van der Waals surface area contributed by atoms with Crippen LogP contribution in [0.2, 0.25) is 0 Å². The van der Waals surface area contributed by atoms with E-state index in [1.54, 1.807) is 18.2 Å². The van der Waals surface area contributed by atoms with E-state index < -0.39 is 0 Å². The molecule has 0 unspecified atom stereocenters. The number of ketones is 1. The number of hydrogen-bond acceptors (Lipinski definition) is 2. The molecule has 64 valence electrons. The molecule has 0 N–H and O–H groups in total. The topological polar surface area (TPSA) is 26.3 Å². The van der Waals surface area contributed by atoms with Gasteiger partial charge in [0.15, 0.2) is 0 Å². The molecule has 0 aliphatic rings. The Balaban J connectivity index is 2.88. The third-order valence-electron chi connectivity index (χ3n) is 1.45. The van der Waals surface area contributed by atoms with Crippen LogP contribution in [0.25, 0.3) is 0 Å². The molecule has 0 radical (unpaired) electrons. The van der Waals surface area contributed by atoms with Gasteiger partial charge in [-0.25, -0.2) is 0 Å². The molecule has 0 aliphatic carbocycles. The maximum atomic E-state index is 10.9. The standard InChI is InChI=1S/C10H11O2/c1-3-12-10-6-4-5-9(7-10)8(2)11/h4-6H,3H2,1-2H3/q-1. The van der Waals surface area contributed by atoms with Gasteiger partial charge in [0.1, 0.15) is 0 Å². The average Bonchev–Trinajstić information content (AvgIpc) is 2.05. The maximum Gasteiger partial charge on any atom is 0.0829 e. The van der Waals surface area contributed by atoms with Crippen molar-refractivity contribution in [2.24, 2.45) is 0 Å². The third-order valence-corrected chi connectivity index (χ3v) is 1.45. The van der Waals surface area contributed by atoms with Gasteiger partial charge in [-0.1, -0.05) is 6.07 Å². The van der Waals surface area contributed by atoms with Crippen LogP contribution in [-0.2, 0) is 0 Å². The molecule has 0 fully saturated rings. The van der Waals surface area contributed by atoms with E-state index in [2.05, 4.69) is 6.07 Å². The van der Waals surface area contributed by atoms with Crippen LogP contribution in [0.3, 0.4) is 0 Å². The van der Waals surface area contributed by atoms with Gasteiger partial charge in [-0.2, -0.15) is 0 Å². The Morgan fingerprint density at radius 2 is 2.33 bits per heavy atom. The second kappa shape index (κ2) is 3.90. The van der Waals surface area contributed by atoms with Gasteiger partial charge in [0.05, 0.1) is 12.4 Å². The second-order valence-electron chi connectivity index (χ2n) is 2.42. The van der Waals surface area contributed by atoms with Crippen LogP contribution in [0.4, 0.5) is 0 Å². The molecule has 1 rings (SSSR count). The quantitative estimate of drug-likeness (QED) is 0.503. The number of ether oxygens (including phenoxy) is 1. The van der Waals surface area contributed by atoms with Crippen LogP contribution >= 0.6 is 0 Å². The zero-order valence-electron chi connectivity index (χ0n) is 7.26. The highest BCUT2D eigenvalue weighted by Gasteiger charge is 1.90. The lowest BCUT2D eigenvalue weighted by molar-refractivity contribution is 0.101. The monoisotopic (exact) mass is 163 g/mol. The molecule has 0 atom stereocenters.